The van der Waals surface area contributed by atoms with Crippen LogP contribution in [0.3, 0.4) is 0 Å². The van der Waals surface area contributed by atoms with Gasteiger partial charge in [0.25, 0.3) is 0 Å². The molecule has 0 spiro atoms. The number of rotatable bonds is 6. The number of halogens is 1. The topological polar surface area (TPSA) is 84.5 Å². The van der Waals surface area contributed by atoms with Crippen LogP contribution >= 0.6 is 11.6 Å². The molecule has 0 atom stereocenters. The zero-order valence-corrected chi connectivity index (χ0v) is 12.6. The van der Waals surface area contributed by atoms with Crippen LogP contribution < -0.4 is 10.6 Å². The van der Waals surface area contributed by atoms with Crippen LogP contribution in [-0.4, -0.2) is 24.9 Å². The van der Waals surface area contributed by atoms with Gasteiger partial charge in [0.15, 0.2) is 0 Å². The van der Waals surface area contributed by atoms with Gasteiger partial charge in [0, 0.05) is 12.1 Å². The van der Waals surface area contributed by atoms with Crippen molar-refractivity contribution in [2.45, 2.75) is 26.2 Å². The lowest BCUT2D eigenvalue weighted by atomic mass is 10.2. The molecule has 6 nitrogen and oxygen atoms in total. The first kappa shape index (κ1) is 17.0. The number of anilines is 2. The van der Waals surface area contributed by atoms with Crippen molar-refractivity contribution >= 4 is 40.8 Å². The molecule has 0 saturated carbocycles. The maximum absolute atomic E-state index is 11.6. The Bertz CT molecular complexity index is 546. The summed E-state index contributed by atoms with van der Waals surface area (Å²) in [6.07, 6.45) is 0.744. The molecule has 0 aliphatic rings. The molecule has 1 rings (SSSR count). The van der Waals surface area contributed by atoms with Gasteiger partial charge in [-0.1, -0.05) is 18.5 Å². The summed E-state index contributed by atoms with van der Waals surface area (Å²) in [7, 11) is 1.20. The summed E-state index contributed by atoms with van der Waals surface area (Å²) in [6.45, 7) is 1.90. The molecule has 1 aromatic rings. The fourth-order valence-corrected chi connectivity index (χ4v) is 1.71. The quantitative estimate of drug-likeness (QED) is 0.624. The minimum Gasteiger partial charge on any atom is -0.469 e. The maximum atomic E-state index is 11.6. The number of ether oxygens (including phenoxy) is 1. The molecule has 0 bridgehead atoms. The number of methoxy groups -OCH3 is 1. The van der Waals surface area contributed by atoms with Crippen molar-refractivity contribution in [3.8, 4) is 0 Å². The smallest absolute Gasteiger partial charge is 0.315 e. The summed E-state index contributed by atoms with van der Waals surface area (Å²) in [5, 5.41) is 5.50. The Morgan fingerprint density at radius 2 is 1.90 bits per heavy atom. The number of carbonyl (C=O) groups excluding carboxylic acids is 3. The average molecular weight is 313 g/mol. The third kappa shape index (κ3) is 5.83. The van der Waals surface area contributed by atoms with Crippen LogP contribution in [0.2, 0.25) is 5.02 Å². The SMILES string of the molecule is CCCC(=O)Nc1ccc(Cl)c(NC(=O)CC(=O)OC)c1. The van der Waals surface area contributed by atoms with Crippen LogP contribution in [0, 0.1) is 0 Å². The van der Waals surface area contributed by atoms with Crippen molar-refractivity contribution in [1.29, 1.82) is 0 Å². The normalized spacial score (nSPS) is 9.86. The Labute approximate surface area is 127 Å². The highest BCUT2D eigenvalue weighted by molar-refractivity contribution is 6.34. The Hall–Kier alpha value is -2.08. The average Bonchev–Trinajstić information content (AvgIpc) is 2.42. The number of benzene rings is 1. The molecule has 1 aromatic carbocycles. The number of carbonyl (C=O) groups is 3. The van der Waals surface area contributed by atoms with E-state index in [1.807, 2.05) is 6.92 Å². The fraction of sp³-hybridized carbons (Fsp3) is 0.357. The largest absolute Gasteiger partial charge is 0.469 e. The molecule has 2 N–H and O–H groups in total. The molecule has 0 aliphatic heterocycles. The molecular weight excluding hydrogens is 296 g/mol. The standard InChI is InChI=1S/C14H17ClN2O4/c1-3-4-12(18)16-9-5-6-10(15)11(7-9)17-13(19)8-14(20)21-2/h5-7H,3-4,8H2,1-2H3,(H,16,18)(H,17,19). The summed E-state index contributed by atoms with van der Waals surface area (Å²) in [6, 6.07) is 4.72. The monoisotopic (exact) mass is 312 g/mol. The Morgan fingerprint density at radius 3 is 2.52 bits per heavy atom. The first-order valence-electron chi connectivity index (χ1n) is 6.42. The van der Waals surface area contributed by atoms with Crippen molar-refractivity contribution in [2.75, 3.05) is 17.7 Å². The molecule has 21 heavy (non-hydrogen) atoms. The van der Waals surface area contributed by atoms with Crippen molar-refractivity contribution in [2.24, 2.45) is 0 Å². The summed E-state index contributed by atoms with van der Waals surface area (Å²) in [4.78, 5) is 34.1. The van der Waals surface area contributed by atoms with Gasteiger partial charge in [-0.2, -0.15) is 0 Å². The molecule has 114 valence electrons. The van der Waals surface area contributed by atoms with Gasteiger partial charge < -0.3 is 15.4 Å². The lowest BCUT2D eigenvalue weighted by molar-refractivity contribution is -0.142. The van der Waals surface area contributed by atoms with Crippen LogP contribution in [-0.2, 0) is 19.1 Å². The zero-order chi connectivity index (χ0) is 15.8. The van der Waals surface area contributed by atoms with Crippen molar-refractivity contribution in [3.05, 3.63) is 23.2 Å². The van der Waals surface area contributed by atoms with Gasteiger partial charge in [0.2, 0.25) is 11.8 Å². The third-order valence-electron chi connectivity index (χ3n) is 2.53. The van der Waals surface area contributed by atoms with Crippen LogP contribution in [0.5, 0.6) is 0 Å². The minimum atomic E-state index is -0.643. The van der Waals surface area contributed by atoms with E-state index in [9.17, 15) is 14.4 Å². The van der Waals surface area contributed by atoms with Crippen molar-refractivity contribution < 1.29 is 19.1 Å². The van der Waals surface area contributed by atoms with Gasteiger partial charge in [-0.05, 0) is 24.6 Å². The van der Waals surface area contributed by atoms with Crippen LogP contribution in [0.1, 0.15) is 26.2 Å². The second kappa shape index (κ2) is 8.26. The minimum absolute atomic E-state index is 0.119. The number of amides is 2. The molecule has 0 unspecified atom stereocenters. The number of nitrogens with one attached hydrogen (secondary N) is 2. The summed E-state index contributed by atoms with van der Waals surface area (Å²) < 4.78 is 4.40. The zero-order valence-electron chi connectivity index (χ0n) is 11.9. The lowest BCUT2D eigenvalue weighted by Gasteiger charge is -2.10. The van der Waals surface area contributed by atoms with E-state index in [-0.39, 0.29) is 5.91 Å². The highest BCUT2D eigenvalue weighted by Crippen LogP contribution is 2.25. The van der Waals surface area contributed by atoms with E-state index in [0.717, 1.165) is 6.42 Å². The summed E-state index contributed by atoms with van der Waals surface area (Å²) in [5.74, 6) is -1.30. The third-order valence-corrected chi connectivity index (χ3v) is 2.86. The Morgan fingerprint density at radius 1 is 1.19 bits per heavy atom. The molecule has 0 heterocycles. The predicted octanol–water partition coefficient (Wildman–Crippen LogP) is 2.58. The van der Waals surface area contributed by atoms with Crippen LogP contribution in [0.15, 0.2) is 18.2 Å². The van der Waals surface area contributed by atoms with Gasteiger partial charge in [-0.3, -0.25) is 14.4 Å². The van der Waals surface area contributed by atoms with Gasteiger partial charge in [0.05, 0.1) is 17.8 Å². The Kier molecular flexibility index (Phi) is 6.68. The van der Waals surface area contributed by atoms with Gasteiger partial charge in [-0.15, -0.1) is 0 Å². The van der Waals surface area contributed by atoms with E-state index >= 15 is 0 Å². The van der Waals surface area contributed by atoms with E-state index in [1.54, 1.807) is 12.1 Å². The molecular formula is C14H17ClN2O4. The first-order chi connectivity index (χ1) is 9.96. The first-order valence-corrected chi connectivity index (χ1v) is 6.80. The summed E-state index contributed by atoms with van der Waals surface area (Å²) in [5.41, 5.74) is 0.839. The van der Waals surface area contributed by atoms with E-state index in [4.69, 9.17) is 11.6 Å². The number of hydrogen-bond donors (Lipinski definition) is 2. The molecule has 0 radical (unpaired) electrons. The summed E-state index contributed by atoms with van der Waals surface area (Å²) >= 11 is 5.96. The van der Waals surface area contributed by atoms with Gasteiger partial charge in [-0.25, -0.2) is 0 Å². The van der Waals surface area contributed by atoms with Gasteiger partial charge in [0.1, 0.15) is 6.42 Å². The van der Waals surface area contributed by atoms with E-state index in [2.05, 4.69) is 15.4 Å². The van der Waals surface area contributed by atoms with E-state index in [1.165, 1.54) is 13.2 Å². The maximum Gasteiger partial charge on any atom is 0.315 e. The Balaban J connectivity index is 2.75. The lowest BCUT2D eigenvalue weighted by Crippen LogP contribution is -2.17. The van der Waals surface area contributed by atoms with E-state index in [0.29, 0.717) is 22.8 Å². The van der Waals surface area contributed by atoms with Crippen LogP contribution in [0.4, 0.5) is 11.4 Å². The second-order valence-corrected chi connectivity index (χ2v) is 4.70. The molecule has 0 fully saturated rings. The van der Waals surface area contributed by atoms with Crippen LogP contribution in [0.25, 0.3) is 0 Å². The highest BCUT2D eigenvalue weighted by Gasteiger charge is 2.12. The number of hydrogen-bond acceptors (Lipinski definition) is 4. The molecule has 0 aromatic heterocycles. The second-order valence-electron chi connectivity index (χ2n) is 4.29. The van der Waals surface area contributed by atoms with Gasteiger partial charge >= 0.3 is 5.97 Å². The molecule has 0 aliphatic carbocycles. The highest BCUT2D eigenvalue weighted by atomic mass is 35.5. The molecule has 2 amide bonds. The van der Waals surface area contributed by atoms with Crippen molar-refractivity contribution in [3.63, 3.8) is 0 Å². The fourth-order valence-electron chi connectivity index (χ4n) is 1.55. The van der Waals surface area contributed by atoms with Crippen molar-refractivity contribution in [1.82, 2.24) is 0 Å². The molecule has 0 saturated heterocycles. The molecule has 7 heteroatoms. The number of esters is 1. The predicted molar refractivity (Wildman–Crippen MR) is 80.3 cm³/mol. The van der Waals surface area contributed by atoms with E-state index < -0.39 is 18.3 Å².